The van der Waals surface area contributed by atoms with Crippen molar-refractivity contribution in [2.24, 2.45) is 5.73 Å². The molecule has 2 N–H and O–H groups in total. The van der Waals surface area contributed by atoms with Crippen LogP contribution in [0.15, 0.2) is 54.6 Å². The van der Waals surface area contributed by atoms with Gasteiger partial charge in [-0.3, -0.25) is 4.79 Å². The van der Waals surface area contributed by atoms with Crippen molar-refractivity contribution in [1.29, 1.82) is 0 Å². The number of benzene rings is 2. The Morgan fingerprint density at radius 1 is 1.05 bits per heavy atom. The average Bonchev–Trinajstić information content (AvgIpc) is 2.54. The number of esters is 1. The third-order valence-electron chi connectivity index (χ3n) is 3.04. The van der Waals surface area contributed by atoms with Crippen LogP contribution in [0.3, 0.4) is 0 Å². The zero-order valence-electron chi connectivity index (χ0n) is 11.9. The fourth-order valence-corrected chi connectivity index (χ4v) is 1.88. The van der Waals surface area contributed by atoms with E-state index in [0.29, 0.717) is 6.42 Å². The quantitative estimate of drug-likeness (QED) is 0.691. The Balaban J connectivity index is 2.03. The van der Waals surface area contributed by atoms with Gasteiger partial charge in [0.1, 0.15) is 6.04 Å². The van der Waals surface area contributed by atoms with E-state index in [-0.39, 0.29) is 0 Å². The van der Waals surface area contributed by atoms with Crippen molar-refractivity contribution < 1.29 is 9.53 Å². The fourth-order valence-electron chi connectivity index (χ4n) is 1.88. The molecule has 106 valence electrons. The second kappa shape index (κ2) is 7.28. The fraction of sp³-hybridized carbons (Fsp3) is 0.167. The van der Waals surface area contributed by atoms with Gasteiger partial charge in [0, 0.05) is 11.1 Å². The van der Waals surface area contributed by atoms with Gasteiger partial charge in [-0.15, -0.1) is 0 Å². The van der Waals surface area contributed by atoms with Gasteiger partial charge in [0.2, 0.25) is 0 Å². The molecule has 0 aliphatic carbocycles. The molecule has 1 atom stereocenters. The topological polar surface area (TPSA) is 52.3 Å². The van der Waals surface area contributed by atoms with Crippen molar-refractivity contribution in [1.82, 2.24) is 0 Å². The first-order chi connectivity index (χ1) is 10.2. The summed E-state index contributed by atoms with van der Waals surface area (Å²) in [5.74, 6) is 5.80. The van der Waals surface area contributed by atoms with E-state index < -0.39 is 12.0 Å². The van der Waals surface area contributed by atoms with Gasteiger partial charge < -0.3 is 10.5 Å². The van der Waals surface area contributed by atoms with Crippen molar-refractivity contribution in [3.63, 3.8) is 0 Å². The van der Waals surface area contributed by atoms with E-state index >= 15 is 0 Å². The zero-order valence-corrected chi connectivity index (χ0v) is 11.9. The zero-order chi connectivity index (χ0) is 15.1. The lowest BCUT2D eigenvalue weighted by molar-refractivity contribution is -0.142. The number of carbonyl (C=O) groups excluding carboxylic acids is 1. The monoisotopic (exact) mass is 279 g/mol. The minimum Gasteiger partial charge on any atom is -0.468 e. The Labute approximate surface area is 124 Å². The Morgan fingerprint density at radius 3 is 2.19 bits per heavy atom. The molecule has 2 aromatic rings. The molecule has 0 spiro atoms. The van der Waals surface area contributed by atoms with E-state index in [1.54, 1.807) is 0 Å². The summed E-state index contributed by atoms with van der Waals surface area (Å²) in [6.07, 6.45) is 0.457. The molecular formula is C18H17NO2. The van der Waals surface area contributed by atoms with Crippen LogP contribution < -0.4 is 5.73 Å². The van der Waals surface area contributed by atoms with E-state index in [0.717, 1.165) is 16.7 Å². The summed E-state index contributed by atoms with van der Waals surface area (Å²) < 4.78 is 4.61. The van der Waals surface area contributed by atoms with E-state index in [4.69, 9.17) is 5.73 Å². The lowest BCUT2D eigenvalue weighted by Crippen LogP contribution is -2.33. The first-order valence-corrected chi connectivity index (χ1v) is 6.68. The largest absolute Gasteiger partial charge is 0.468 e. The minimum absolute atomic E-state index is 0.400. The highest BCUT2D eigenvalue weighted by Crippen LogP contribution is 2.07. The number of hydrogen-bond acceptors (Lipinski definition) is 3. The molecule has 21 heavy (non-hydrogen) atoms. The maximum absolute atomic E-state index is 11.3. The van der Waals surface area contributed by atoms with Crippen molar-refractivity contribution in [2.45, 2.75) is 12.5 Å². The highest BCUT2D eigenvalue weighted by Gasteiger charge is 2.13. The molecule has 0 amide bonds. The third-order valence-corrected chi connectivity index (χ3v) is 3.04. The summed E-state index contributed by atoms with van der Waals surface area (Å²) in [5.41, 5.74) is 8.62. The molecule has 3 heteroatoms. The Bertz CT molecular complexity index is 651. The Morgan fingerprint density at radius 2 is 1.62 bits per heavy atom. The maximum Gasteiger partial charge on any atom is 0.322 e. The van der Waals surface area contributed by atoms with Gasteiger partial charge >= 0.3 is 5.97 Å². The second-order valence-corrected chi connectivity index (χ2v) is 4.65. The Kier molecular flexibility index (Phi) is 5.14. The summed E-state index contributed by atoms with van der Waals surface area (Å²) in [5, 5.41) is 0. The van der Waals surface area contributed by atoms with Gasteiger partial charge in [-0.2, -0.15) is 0 Å². The molecule has 0 radical (unpaired) electrons. The van der Waals surface area contributed by atoms with Crippen LogP contribution in [-0.2, 0) is 16.0 Å². The average molecular weight is 279 g/mol. The summed E-state index contributed by atoms with van der Waals surface area (Å²) in [7, 11) is 1.34. The molecule has 3 nitrogen and oxygen atoms in total. The maximum atomic E-state index is 11.3. The molecule has 0 saturated carbocycles. The summed E-state index contributed by atoms with van der Waals surface area (Å²) in [4.78, 5) is 11.3. The minimum atomic E-state index is -0.628. The van der Waals surface area contributed by atoms with E-state index in [1.165, 1.54) is 7.11 Å². The van der Waals surface area contributed by atoms with Crippen molar-refractivity contribution in [3.05, 3.63) is 71.3 Å². The number of methoxy groups -OCH3 is 1. The number of hydrogen-bond donors (Lipinski definition) is 1. The molecule has 0 heterocycles. The number of rotatable bonds is 3. The highest BCUT2D eigenvalue weighted by atomic mass is 16.5. The van der Waals surface area contributed by atoms with Gasteiger partial charge in [0.25, 0.3) is 0 Å². The summed E-state index contributed by atoms with van der Waals surface area (Å²) in [6.45, 7) is 0. The van der Waals surface area contributed by atoms with Crippen LogP contribution in [0, 0.1) is 11.8 Å². The van der Waals surface area contributed by atoms with E-state index in [1.807, 2.05) is 54.6 Å². The molecule has 0 aliphatic rings. The van der Waals surface area contributed by atoms with E-state index in [9.17, 15) is 4.79 Å². The van der Waals surface area contributed by atoms with Crippen LogP contribution in [0.2, 0.25) is 0 Å². The van der Waals surface area contributed by atoms with Crippen molar-refractivity contribution in [3.8, 4) is 11.8 Å². The molecule has 0 bridgehead atoms. The smallest absolute Gasteiger partial charge is 0.322 e. The predicted octanol–water partition coefficient (Wildman–Crippen LogP) is 2.13. The van der Waals surface area contributed by atoms with Crippen LogP contribution in [0.25, 0.3) is 0 Å². The molecule has 2 aromatic carbocycles. The summed E-state index contributed by atoms with van der Waals surface area (Å²) >= 11 is 0. The molecule has 0 fully saturated rings. The van der Waals surface area contributed by atoms with Crippen LogP contribution >= 0.6 is 0 Å². The highest BCUT2D eigenvalue weighted by molar-refractivity contribution is 5.75. The molecule has 0 saturated heterocycles. The third kappa shape index (κ3) is 4.48. The van der Waals surface area contributed by atoms with Crippen molar-refractivity contribution >= 4 is 5.97 Å². The van der Waals surface area contributed by atoms with Gasteiger partial charge in [-0.1, -0.05) is 42.2 Å². The second-order valence-electron chi connectivity index (χ2n) is 4.65. The lowest BCUT2D eigenvalue weighted by Gasteiger charge is -2.08. The van der Waals surface area contributed by atoms with Crippen LogP contribution in [0.4, 0.5) is 0 Å². The van der Waals surface area contributed by atoms with Crippen molar-refractivity contribution in [2.75, 3.05) is 7.11 Å². The first-order valence-electron chi connectivity index (χ1n) is 6.68. The predicted molar refractivity (Wildman–Crippen MR) is 82.6 cm³/mol. The molecule has 0 aromatic heterocycles. The number of ether oxygens (including phenoxy) is 1. The number of carbonyl (C=O) groups is 1. The lowest BCUT2D eigenvalue weighted by atomic mass is 10.0. The molecule has 0 unspecified atom stereocenters. The van der Waals surface area contributed by atoms with Gasteiger partial charge in [-0.25, -0.2) is 0 Å². The number of nitrogens with two attached hydrogens (primary N) is 1. The summed E-state index contributed by atoms with van der Waals surface area (Å²) in [6, 6.07) is 16.9. The normalized spacial score (nSPS) is 11.1. The molecular weight excluding hydrogens is 262 g/mol. The van der Waals surface area contributed by atoms with Gasteiger partial charge in [0.15, 0.2) is 0 Å². The first kappa shape index (κ1) is 14.8. The van der Waals surface area contributed by atoms with Crippen LogP contribution in [0.1, 0.15) is 16.7 Å². The van der Waals surface area contributed by atoms with Crippen LogP contribution in [0.5, 0.6) is 0 Å². The standard InChI is InChI=1S/C18H17NO2/c1-21-18(20)17(19)13-16-11-9-15(10-12-16)8-7-14-5-3-2-4-6-14/h2-6,9-12,17H,13,19H2,1H3/t17-/m0/s1. The van der Waals surface area contributed by atoms with Gasteiger partial charge in [-0.05, 0) is 36.2 Å². The molecule has 0 aliphatic heterocycles. The molecule has 2 rings (SSSR count). The van der Waals surface area contributed by atoms with Crippen LogP contribution in [-0.4, -0.2) is 19.1 Å². The van der Waals surface area contributed by atoms with Gasteiger partial charge in [0.05, 0.1) is 7.11 Å². The van der Waals surface area contributed by atoms with E-state index in [2.05, 4.69) is 16.6 Å². The SMILES string of the molecule is COC(=O)[C@@H](N)Cc1ccc(C#Cc2ccccc2)cc1. The Hall–Kier alpha value is -2.57.